The third-order valence-electron chi connectivity index (χ3n) is 3.52. The fraction of sp³-hybridized carbons (Fsp3) is 0.412. The van der Waals surface area contributed by atoms with E-state index in [9.17, 15) is 4.79 Å². The zero-order valence-electron chi connectivity index (χ0n) is 13.6. The van der Waals surface area contributed by atoms with Crippen LogP contribution >= 0.6 is 0 Å². The molecular weight excluding hydrogens is 278 g/mol. The Bertz CT molecular complexity index is 632. The van der Waals surface area contributed by atoms with Gasteiger partial charge in [-0.2, -0.15) is 5.10 Å². The minimum Gasteiger partial charge on any atom is -0.383 e. The number of carbonyl (C=O) groups is 1. The normalized spacial score (nSPS) is 12.2. The molecule has 1 heterocycles. The van der Waals surface area contributed by atoms with E-state index in [0.29, 0.717) is 12.2 Å². The van der Waals surface area contributed by atoms with Gasteiger partial charge in [0, 0.05) is 13.2 Å². The van der Waals surface area contributed by atoms with Gasteiger partial charge in [0.2, 0.25) is 0 Å². The van der Waals surface area contributed by atoms with Crippen LogP contribution in [0.3, 0.4) is 0 Å². The van der Waals surface area contributed by atoms with Crippen LogP contribution in [0, 0.1) is 6.92 Å². The number of aryl methyl sites for hydroxylation is 1. The second kappa shape index (κ2) is 7.22. The minimum atomic E-state index is -0.111. The van der Waals surface area contributed by atoms with E-state index in [-0.39, 0.29) is 11.9 Å². The summed E-state index contributed by atoms with van der Waals surface area (Å²) in [4.78, 5) is 12.4. The zero-order valence-corrected chi connectivity index (χ0v) is 13.6. The predicted octanol–water partition coefficient (Wildman–Crippen LogP) is 2.51. The molecule has 0 saturated heterocycles. The van der Waals surface area contributed by atoms with Gasteiger partial charge < -0.3 is 10.1 Å². The van der Waals surface area contributed by atoms with Gasteiger partial charge >= 0.3 is 0 Å². The molecule has 2 rings (SSSR count). The Balaban J connectivity index is 2.27. The number of carbonyl (C=O) groups excluding carboxylic acids is 1. The largest absolute Gasteiger partial charge is 0.383 e. The van der Waals surface area contributed by atoms with Gasteiger partial charge in [0.1, 0.15) is 0 Å². The van der Waals surface area contributed by atoms with E-state index in [0.717, 1.165) is 17.8 Å². The Labute approximate surface area is 131 Å². The lowest BCUT2D eigenvalue weighted by atomic mass is 10.1. The number of aromatic nitrogens is 2. The highest BCUT2D eigenvalue weighted by Gasteiger charge is 2.18. The topological polar surface area (TPSA) is 56.1 Å². The standard InChI is InChI=1S/C17H23N3O2/c1-5-16-15(17(21)19-13(3)11-22-4)10-18-20(16)14-8-6-12(2)7-9-14/h6-10,13H,5,11H2,1-4H3,(H,19,21). The number of nitrogens with one attached hydrogen (secondary N) is 1. The first-order valence-corrected chi connectivity index (χ1v) is 7.50. The number of ether oxygens (including phenoxy) is 1. The van der Waals surface area contributed by atoms with E-state index < -0.39 is 0 Å². The average molecular weight is 301 g/mol. The number of hydrogen-bond donors (Lipinski definition) is 1. The molecular formula is C17H23N3O2. The maximum Gasteiger partial charge on any atom is 0.255 e. The van der Waals surface area contributed by atoms with Crippen molar-refractivity contribution < 1.29 is 9.53 Å². The Kier molecular flexibility index (Phi) is 5.33. The SMILES string of the molecule is CCc1c(C(=O)NC(C)COC)cnn1-c1ccc(C)cc1. The summed E-state index contributed by atoms with van der Waals surface area (Å²) in [6.45, 7) is 6.47. The summed E-state index contributed by atoms with van der Waals surface area (Å²) in [5.74, 6) is -0.111. The van der Waals surface area contributed by atoms with Gasteiger partial charge in [0.05, 0.1) is 29.7 Å². The molecule has 1 amide bonds. The number of hydrogen-bond acceptors (Lipinski definition) is 3. The van der Waals surface area contributed by atoms with Crippen LogP contribution in [0.5, 0.6) is 0 Å². The summed E-state index contributed by atoms with van der Waals surface area (Å²) in [5, 5.41) is 7.31. The molecule has 0 saturated carbocycles. The maximum absolute atomic E-state index is 12.4. The van der Waals surface area contributed by atoms with Gasteiger partial charge in [-0.1, -0.05) is 24.6 Å². The Hall–Kier alpha value is -2.14. The molecule has 0 radical (unpaired) electrons. The molecule has 1 unspecified atom stereocenters. The summed E-state index contributed by atoms with van der Waals surface area (Å²) in [6, 6.07) is 8.06. The molecule has 1 N–H and O–H groups in total. The summed E-state index contributed by atoms with van der Waals surface area (Å²) < 4.78 is 6.88. The fourth-order valence-electron chi connectivity index (χ4n) is 2.41. The molecule has 1 aromatic carbocycles. The first-order chi connectivity index (χ1) is 10.6. The van der Waals surface area contributed by atoms with E-state index in [2.05, 4.69) is 10.4 Å². The van der Waals surface area contributed by atoms with Crippen molar-refractivity contribution in [3.05, 3.63) is 47.3 Å². The highest BCUT2D eigenvalue weighted by Crippen LogP contribution is 2.16. The summed E-state index contributed by atoms with van der Waals surface area (Å²) in [6.07, 6.45) is 2.36. The first-order valence-electron chi connectivity index (χ1n) is 7.50. The number of methoxy groups -OCH3 is 1. The molecule has 0 aliphatic rings. The van der Waals surface area contributed by atoms with Crippen molar-refractivity contribution in [2.45, 2.75) is 33.2 Å². The van der Waals surface area contributed by atoms with E-state index in [1.165, 1.54) is 5.56 Å². The Morgan fingerprint density at radius 3 is 2.64 bits per heavy atom. The number of rotatable bonds is 6. The van der Waals surface area contributed by atoms with Crippen molar-refractivity contribution in [1.82, 2.24) is 15.1 Å². The van der Waals surface area contributed by atoms with Crippen molar-refractivity contribution in [2.24, 2.45) is 0 Å². The molecule has 5 heteroatoms. The van der Waals surface area contributed by atoms with E-state index >= 15 is 0 Å². The van der Waals surface area contributed by atoms with Crippen LogP contribution in [0.2, 0.25) is 0 Å². The van der Waals surface area contributed by atoms with E-state index in [1.54, 1.807) is 13.3 Å². The lowest BCUT2D eigenvalue weighted by molar-refractivity contribution is 0.0904. The van der Waals surface area contributed by atoms with Gasteiger partial charge in [-0.15, -0.1) is 0 Å². The van der Waals surface area contributed by atoms with Crippen molar-refractivity contribution in [1.29, 1.82) is 0 Å². The monoisotopic (exact) mass is 301 g/mol. The van der Waals surface area contributed by atoms with Crippen LogP contribution in [-0.2, 0) is 11.2 Å². The molecule has 0 aliphatic carbocycles. The molecule has 118 valence electrons. The van der Waals surface area contributed by atoms with Crippen molar-refractivity contribution in [2.75, 3.05) is 13.7 Å². The number of nitrogens with zero attached hydrogens (tertiary/aromatic N) is 2. The highest BCUT2D eigenvalue weighted by molar-refractivity contribution is 5.95. The third-order valence-corrected chi connectivity index (χ3v) is 3.52. The third kappa shape index (κ3) is 3.54. The van der Waals surface area contributed by atoms with Gasteiger partial charge in [0.15, 0.2) is 0 Å². The van der Waals surface area contributed by atoms with E-state index in [1.807, 2.05) is 49.7 Å². The predicted molar refractivity (Wildman–Crippen MR) is 86.5 cm³/mol. The van der Waals surface area contributed by atoms with Crippen LogP contribution in [0.4, 0.5) is 0 Å². The Morgan fingerprint density at radius 2 is 2.05 bits per heavy atom. The molecule has 0 aliphatic heterocycles. The average Bonchev–Trinajstić information content (AvgIpc) is 2.92. The minimum absolute atomic E-state index is 0.0371. The molecule has 1 aromatic heterocycles. The molecule has 0 bridgehead atoms. The number of benzene rings is 1. The smallest absolute Gasteiger partial charge is 0.255 e. The summed E-state index contributed by atoms with van der Waals surface area (Å²) >= 11 is 0. The van der Waals surface area contributed by atoms with Crippen molar-refractivity contribution in [3.8, 4) is 5.69 Å². The van der Waals surface area contributed by atoms with Gasteiger partial charge in [-0.25, -0.2) is 4.68 Å². The quantitative estimate of drug-likeness (QED) is 0.892. The zero-order chi connectivity index (χ0) is 16.1. The highest BCUT2D eigenvalue weighted by atomic mass is 16.5. The van der Waals surface area contributed by atoms with Crippen molar-refractivity contribution >= 4 is 5.91 Å². The summed E-state index contributed by atoms with van der Waals surface area (Å²) in [5.41, 5.74) is 3.68. The van der Waals surface area contributed by atoms with Gasteiger partial charge in [0.25, 0.3) is 5.91 Å². The van der Waals surface area contributed by atoms with Crippen LogP contribution < -0.4 is 5.32 Å². The van der Waals surface area contributed by atoms with Crippen LogP contribution in [-0.4, -0.2) is 35.4 Å². The van der Waals surface area contributed by atoms with Crippen LogP contribution in [0.1, 0.15) is 35.5 Å². The van der Waals surface area contributed by atoms with Crippen molar-refractivity contribution in [3.63, 3.8) is 0 Å². The Morgan fingerprint density at radius 1 is 1.36 bits per heavy atom. The lowest BCUT2D eigenvalue weighted by Gasteiger charge is -2.13. The molecule has 2 aromatic rings. The number of amides is 1. The maximum atomic E-state index is 12.4. The molecule has 5 nitrogen and oxygen atoms in total. The molecule has 0 spiro atoms. The van der Waals surface area contributed by atoms with Crippen LogP contribution in [0.25, 0.3) is 5.69 Å². The second-order valence-electron chi connectivity index (χ2n) is 5.44. The van der Waals surface area contributed by atoms with Gasteiger partial charge in [-0.05, 0) is 32.4 Å². The first kappa shape index (κ1) is 16.2. The molecule has 22 heavy (non-hydrogen) atoms. The second-order valence-corrected chi connectivity index (χ2v) is 5.44. The van der Waals surface area contributed by atoms with E-state index in [4.69, 9.17) is 4.74 Å². The summed E-state index contributed by atoms with van der Waals surface area (Å²) in [7, 11) is 1.62. The van der Waals surface area contributed by atoms with Gasteiger partial charge in [-0.3, -0.25) is 4.79 Å². The lowest BCUT2D eigenvalue weighted by Crippen LogP contribution is -2.35. The fourth-order valence-corrected chi connectivity index (χ4v) is 2.41. The molecule has 1 atom stereocenters. The molecule has 0 fully saturated rings. The van der Waals surface area contributed by atoms with Crippen LogP contribution in [0.15, 0.2) is 30.5 Å².